The third-order valence-electron chi connectivity index (χ3n) is 6.01. The highest BCUT2D eigenvalue weighted by atomic mass is 15.2. The summed E-state index contributed by atoms with van der Waals surface area (Å²) in [6.07, 6.45) is 15.7. The van der Waals surface area contributed by atoms with E-state index in [9.17, 15) is 0 Å². The van der Waals surface area contributed by atoms with Crippen molar-refractivity contribution in [1.82, 2.24) is 10.2 Å². The minimum atomic E-state index is 0.780. The number of rotatable bonds is 5. The van der Waals surface area contributed by atoms with Crippen LogP contribution in [0.2, 0.25) is 0 Å². The Balaban J connectivity index is 1.79. The van der Waals surface area contributed by atoms with Crippen LogP contribution in [0, 0.1) is 5.92 Å². The first-order valence-electron chi connectivity index (χ1n) is 9.13. The Morgan fingerprint density at radius 2 is 1.55 bits per heavy atom. The summed E-state index contributed by atoms with van der Waals surface area (Å²) >= 11 is 0. The SMILES string of the molecule is CCCC1CCCC(N(C)C2CCC(NC)CC2)CC1. The van der Waals surface area contributed by atoms with Crippen LogP contribution < -0.4 is 5.32 Å². The van der Waals surface area contributed by atoms with Crippen LogP contribution in [-0.4, -0.2) is 37.1 Å². The van der Waals surface area contributed by atoms with Gasteiger partial charge in [-0.2, -0.15) is 0 Å². The molecular formula is C18H36N2. The van der Waals surface area contributed by atoms with Crippen molar-refractivity contribution in [3.63, 3.8) is 0 Å². The van der Waals surface area contributed by atoms with Crippen LogP contribution in [-0.2, 0) is 0 Å². The van der Waals surface area contributed by atoms with E-state index in [2.05, 4.69) is 31.2 Å². The smallest absolute Gasteiger partial charge is 0.00963 e. The fourth-order valence-electron chi connectivity index (χ4n) is 4.53. The second kappa shape index (κ2) is 8.38. The van der Waals surface area contributed by atoms with E-state index in [0.29, 0.717) is 0 Å². The lowest BCUT2D eigenvalue weighted by molar-refractivity contribution is 0.117. The first kappa shape index (κ1) is 16.3. The highest BCUT2D eigenvalue weighted by molar-refractivity contribution is 4.85. The highest BCUT2D eigenvalue weighted by Crippen LogP contribution is 2.31. The van der Waals surface area contributed by atoms with E-state index in [1.54, 1.807) is 0 Å². The van der Waals surface area contributed by atoms with Gasteiger partial charge in [0.05, 0.1) is 0 Å². The van der Waals surface area contributed by atoms with E-state index < -0.39 is 0 Å². The van der Waals surface area contributed by atoms with Crippen molar-refractivity contribution in [2.24, 2.45) is 5.92 Å². The van der Waals surface area contributed by atoms with Gasteiger partial charge in [-0.3, -0.25) is 0 Å². The molecule has 0 amide bonds. The Bertz CT molecular complexity index is 258. The molecule has 0 radical (unpaired) electrons. The number of nitrogens with one attached hydrogen (secondary N) is 1. The molecule has 2 nitrogen and oxygen atoms in total. The van der Waals surface area contributed by atoms with E-state index in [-0.39, 0.29) is 0 Å². The molecule has 2 saturated carbocycles. The summed E-state index contributed by atoms with van der Waals surface area (Å²) in [4.78, 5) is 2.76. The van der Waals surface area contributed by atoms with Gasteiger partial charge in [-0.15, -0.1) is 0 Å². The van der Waals surface area contributed by atoms with Gasteiger partial charge < -0.3 is 10.2 Å². The van der Waals surface area contributed by atoms with Crippen molar-refractivity contribution >= 4 is 0 Å². The Kier molecular flexibility index (Phi) is 6.83. The number of hydrogen-bond acceptors (Lipinski definition) is 2. The molecule has 118 valence electrons. The Hall–Kier alpha value is -0.0800. The maximum Gasteiger partial charge on any atom is 0.00963 e. The first-order chi connectivity index (χ1) is 9.74. The monoisotopic (exact) mass is 280 g/mol. The lowest BCUT2D eigenvalue weighted by Gasteiger charge is -2.39. The van der Waals surface area contributed by atoms with Gasteiger partial charge in [0.1, 0.15) is 0 Å². The zero-order valence-electron chi connectivity index (χ0n) is 14.0. The fraction of sp³-hybridized carbons (Fsp3) is 1.00. The minimum absolute atomic E-state index is 0.780. The number of hydrogen-bond donors (Lipinski definition) is 1. The molecule has 0 heterocycles. The molecule has 0 aromatic heterocycles. The minimum Gasteiger partial charge on any atom is -0.317 e. The molecule has 2 aliphatic rings. The van der Waals surface area contributed by atoms with Crippen molar-refractivity contribution < 1.29 is 0 Å². The second-order valence-electron chi connectivity index (χ2n) is 7.28. The Labute approximate surface area is 126 Å². The van der Waals surface area contributed by atoms with Crippen LogP contribution in [0.1, 0.15) is 77.6 Å². The highest BCUT2D eigenvalue weighted by Gasteiger charge is 2.28. The molecular weight excluding hydrogens is 244 g/mol. The van der Waals surface area contributed by atoms with E-state index >= 15 is 0 Å². The molecule has 0 aromatic rings. The van der Waals surface area contributed by atoms with Gasteiger partial charge in [0, 0.05) is 18.1 Å². The second-order valence-corrected chi connectivity index (χ2v) is 7.28. The molecule has 2 rings (SSSR count). The summed E-state index contributed by atoms with van der Waals surface area (Å²) in [6, 6.07) is 2.50. The average molecular weight is 281 g/mol. The maximum absolute atomic E-state index is 3.45. The molecule has 20 heavy (non-hydrogen) atoms. The van der Waals surface area contributed by atoms with Crippen molar-refractivity contribution in [3.8, 4) is 0 Å². The summed E-state index contributed by atoms with van der Waals surface area (Å²) in [6.45, 7) is 2.34. The standard InChI is InChI=1S/C18H36N2/c1-4-6-15-7-5-8-17(12-9-15)20(3)18-13-10-16(19-2)11-14-18/h15-19H,4-14H2,1-3H3. The van der Waals surface area contributed by atoms with Crippen molar-refractivity contribution in [2.75, 3.05) is 14.1 Å². The van der Waals surface area contributed by atoms with E-state index in [4.69, 9.17) is 0 Å². The molecule has 2 aliphatic carbocycles. The van der Waals surface area contributed by atoms with E-state index in [0.717, 1.165) is 24.0 Å². The largest absolute Gasteiger partial charge is 0.317 e. The predicted octanol–water partition coefficient (Wildman–Crippen LogP) is 4.20. The fourth-order valence-corrected chi connectivity index (χ4v) is 4.53. The van der Waals surface area contributed by atoms with Crippen LogP contribution >= 0.6 is 0 Å². The van der Waals surface area contributed by atoms with Gasteiger partial charge in [-0.1, -0.05) is 32.6 Å². The summed E-state index contributed by atoms with van der Waals surface area (Å²) in [5.41, 5.74) is 0. The zero-order valence-corrected chi connectivity index (χ0v) is 14.0. The van der Waals surface area contributed by atoms with Gasteiger partial charge in [-0.25, -0.2) is 0 Å². The third-order valence-corrected chi connectivity index (χ3v) is 6.01. The molecule has 2 atom stereocenters. The quantitative estimate of drug-likeness (QED) is 0.759. The normalized spacial score (nSPS) is 36.0. The molecule has 0 aromatic carbocycles. The predicted molar refractivity (Wildman–Crippen MR) is 88.1 cm³/mol. The van der Waals surface area contributed by atoms with Gasteiger partial charge >= 0.3 is 0 Å². The van der Waals surface area contributed by atoms with Gasteiger partial charge in [-0.05, 0) is 65.0 Å². The van der Waals surface area contributed by atoms with Crippen LogP contribution in [0.5, 0.6) is 0 Å². The number of nitrogens with zero attached hydrogens (tertiary/aromatic N) is 1. The maximum atomic E-state index is 3.45. The molecule has 2 unspecified atom stereocenters. The van der Waals surface area contributed by atoms with Crippen molar-refractivity contribution in [3.05, 3.63) is 0 Å². The van der Waals surface area contributed by atoms with E-state index in [1.807, 2.05) is 0 Å². The van der Waals surface area contributed by atoms with Gasteiger partial charge in [0.2, 0.25) is 0 Å². The Morgan fingerprint density at radius 3 is 2.20 bits per heavy atom. The third kappa shape index (κ3) is 4.46. The lowest BCUT2D eigenvalue weighted by atomic mass is 9.89. The lowest BCUT2D eigenvalue weighted by Crippen LogP contribution is -2.44. The molecule has 1 N–H and O–H groups in total. The van der Waals surface area contributed by atoms with Crippen LogP contribution in [0.25, 0.3) is 0 Å². The molecule has 0 aliphatic heterocycles. The molecule has 0 spiro atoms. The van der Waals surface area contributed by atoms with Crippen molar-refractivity contribution in [2.45, 2.75) is 95.7 Å². The summed E-state index contributed by atoms with van der Waals surface area (Å²) in [7, 11) is 4.53. The van der Waals surface area contributed by atoms with Crippen LogP contribution in [0.4, 0.5) is 0 Å². The molecule has 2 heteroatoms. The zero-order chi connectivity index (χ0) is 14.4. The van der Waals surface area contributed by atoms with Crippen LogP contribution in [0.15, 0.2) is 0 Å². The Morgan fingerprint density at radius 1 is 0.900 bits per heavy atom. The topological polar surface area (TPSA) is 15.3 Å². The summed E-state index contributed by atoms with van der Waals surface area (Å²) in [5, 5.41) is 3.45. The van der Waals surface area contributed by atoms with Crippen LogP contribution in [0.3, 0.4) is 0 Å². The van der Waals surface area contributed by atoms with Gasteiger partial charge in [0.15, 0.2) is 0 Å². The summed E-state index contributed by atoms with van der Waals surface area (Å²) < 4.78 is 0. The van der Waals surface area contributed by atoms with Crippen molar-refractivity contribution in [1.29, 1.82) is 0 Å². The molecule has 0 bridgehead atoms. The molecule has 0 saturated heterocycles. The summed E-state index contributed by atoms with van der Waals surface area (Å²) in [5.74, 6) is 1.03. The van der Waals surface area contributed by atoms with Gasteiger partial charge in [0.25, 0.3) is 0 Å². The average Bonchev–Trinajstić information content (AvgIpc) is 2.73. The molecule has 2 fully saturated rings. The van der Waals surface area contributed by atoms with E-state index in [1.165, 1.54) is 70.6 Å². The first-order valence-corrected chi connectivity index (χ1v) is 9.13.